The van der Waals surface area contributed by atoms with Crippen molar-refractivity contribution in [2.75, 3.05) is 7.11 Å². The van der Waals surface area contributed by atoms with Gasteiger partial charge < -0.3 is 4.74 Å². The number of hydrogen-bond donors (Lipinski definition) is 0. The first-order valence-corrected chi connectivity index (χ1v) is 5.31. The Hall–Kier alpha value is -0.730. The number of benzene rings is 1. The van der Waals surface area contributed by atoms with Crippen molar-refractivity contribution in [3.63, 3.8) is 0 Å². The number of carbonyl (C=O) groups excluding carboxylic acids is 1. The van der Waals surface area contributed by atoms with E-state index in [2.05, 4.69) is 0 Å². The Kier molecular flexibility index (Phi) is 4.00. The number of methoxy groups -OCH3 is 1. The highest BCUT2D eigenvalue weighted by atomic mass is 35.5. The number of ketones is 1. The van der Waals surface area contributed by atoms with Crippen LogP contribution >= 0.6 is 23.2 Å². The number of ether oxygens (including phenoxy) is 1. The molecule has 0 bridgehead atoms. The van der Waals surface area contributed by atoms with Gasteiger partial charge in [-0.3, -0.25) is 4.79 Å². The van der Waals surface area contributed by atoms with Gasteiger partial charge >= 0.3 is 0 Å². The van der Waals surface area contributed by atoms with Crippen molar-refractivity contribution in [2.45, 2.75) is 19.2 Å². The average molecular weight is 247 g/mol. The normalized spacial score (nSPS) is 12.3. The van der Waals surface area contributed by atoms with Crippen molar-refractivity contribution in [1.29, 1.82) is 0 Å². The standard InChI is InChI=1S/C11H12Cl2O2/c1-6-4-8(13)5-9(11(6)15-3)10(14)7(2)12/h4-5,7H,1-3H3. The Bertz CT molecular complexity index is 386. The molecule has 82 valence electrons. The predicted molar refractivity (Wildman–Crippen MR) is 62.4 cm³/mol. The maximum absolute atomic E-state index is 11.8. The summed E-state index contributed by atoms with van der Waals surface area (Å²) in [5.74, 6) is 0.357. The van der Waals surface area contributed by atoms with Crippen LogP contribution in [0.3, 0.4) is 0 Å². The van der Waals surface area contributed by atoms with Gasteiger partial charge in [0, 0.05) is 5.02 Å². The Balaban J connectivity index is 3.32. The van der Waals surface area contributed by atoms with Crippen LogP contribution in [0.1, 0.15) is 22.8 Å². The zero-order valence-electron chi connectivity index (χ0n) is 8.80. The summed E-state index contributed by atoms with van der Waals surface area (Å²) in [6, 6.07) is 3.32. The number of aryl methyl sites for hydroxylation is 1. The van der Waals surface area contributed by atoms with Crippen LogP contribution in [0.2, 0.25) is 5.02 Å². The molecule has 4 heteroatoms. The highest BCUT2D eigenvalue weighted by molar-refractivity contribution is 6.35. The van der Waals surface area contributed by atoms with Crippen LogP contribution in [0.4, 0.5) is 0 Å². The maximum Gasteiger partial charge on any atom is 0.184 e. The second-order valence-electron chi connectivity index (χ2n) is 3.28. The molecule has 0 N–H and O–H groups in total. The lowest BCUT2D eigenvalue weighted by Crippen LogP contribution is -2.12. The fraction of sp³-hybridized carbons (Fsp3) is 0.364. The summed E-state index contributed by atoms with van der Waals surface area (Å²) >= 11 is 11.6. The van der Waals surface area contributed by atoms with Crippen molar-refractivity contribution in [1.82, 2.24) is 0 Å². The Labute approximate surface area is 99.1 Å². The van der Waals surface area contributed by atoms with Crippen LogP contribution in [-0.4, -0.2) is 18.3 Å². The first-order chi connectivity index (χ1) is 6.97. The lowest BCUT2D eigenvalue weighted by atomic mass is 10.0. The third-order valence-corrected chi connectivity index (χ3v) is 2.49. The van der Waals surface area contributed by atoms with Gasteiger partial charge in [0.1, 0.15) is 5.75 Å². The van der Waals surface area contributed by atoms with E-state index in [-0.39, 0.29) is 5.78 Å². The van der Waals surface area contributed by atoms with Gasteiger partial charge in [-0.05, 0) is 31.5 Å². The van der Waals surface area contributed by atoms with E-state index in [4.69, 9.17) is 27.9 Å². The second kappa shape index (κ2) is 4.86. The molecule has 0 saturated heterocycles. The molecular formula is C11H12Cl2O2. The van der Waals surface area contributed by atoms with E-state index in [1.165, 1.54) is 7.11 Å². The molecule has 0 aliphatic heterocycles. The van der Waals surface area contributed by atoms with Gasteiger partial charge in [-0.2, -0.15) is 0 Å². The second-order valence-corrected chi connectivity index (χ2v) is 4.37. The molecule has 0 aromatic heterocycles. The lowest BCUT2D eigenvalue weighted by Gasteiger charge is -2.12. The van der Waals surface area contributed by atoms with E-state index in [0.717, 1.165) is 5.56 Å². The number of alkyl halides is 1. The first kappa shape index (κ1) is 12.3. The minimum absolute atomic E-state index is 0.181. The van der Waals surface area contributed by atoms with Gasteiger partial charge in [0.15, 0.2) is 5.78 Å². The van der Waals surface area contributed by atoms with Crippen molar-refractivity contribution in [3.05, 3.63) is 28.3 Å². The third kappa shape index (κ3) is 2.64. The van der Waals surface area contributed by atoms with Crippen molar-refractivity contribution in [3.8, 4) is 5.75 Å². The molecule has 2 nitrogen and oxygen atoms in total. The van der Waals surface area contributed by atoms with Gasteiger partial charge in [0.05, 0.1) is 18.1 Å². The van der Waals surface area contributed by atoms with Crippen molar-refractivity contribution in [2.24, 2.45) is 0 Å². The van der Waals surface area contributed by atoms with E-state index in [0.29, 0.717) is 16.3 Å². The van der Waals surface area contributed by atoms with E-state index in [9.17, 15) is 4.79 Å². The molecule has 1 rings (SSSR count). The largest absolute Gasteiger partial charge is 0.496 e. The number of carbonyl (C=O) groups is 1. The highest BCUT2D eigenvalue weighted by Crippen LogP contribution is 2.29. The lowest BCUT2D eigenvalue weighted by molar-refractivity contribution is 0.0988. The minimum Gasteiger partial charge on any atom is -0.496 e. The number of rotatable bonds is 3. The van der Waals surface area contributed by atoms with Gasteiger partial charge in [-0.1, -0.05) is 11.6 Å². The van der Waals surface area contributed by atoms with Crippen LogP contribution in [0.25, 0.3) is 0 Å². The number of hydrogen-bond acceptors (Lipinski definition) is 2. The van der Waals surface area contributed by atoms with E-state index >= 15 is 0 Å². The topological polar surface area (TPSA) is 26.3 Å². The van der Waals surface area contributed by atoms with Gasteiger partial charge in [0.25, 0.3) is 0 Å². The summed E-state index contributed by atoms with van der Waals surface area (Å²) in [5, 5.41) is -0.0780. The summed E-state index contributed by atoms with van der Waals surface area (Å²) < 4.78 is 5.16. The summed E-state index contributed by atoms with van der Waals surface area (Å²) in [4.78, 5) is 11.8. The maximum atomic E-state index is 11.8. The van der Waals surface area contributed by atoms with Gasteiger partial charge in [-0.15, -0.1) is 11.6 Å². The SMILES string of the molecule is COc1c(C)cc(Cl)cc1C(=O)C(C)Cl. The molecule has 1 unspecified atom stereocenters. The Morgan fingerprint density at radius 3 is 2.53 bits per heavy atom. The molecule has 0 heterocycles. The molecule has 1 aromatic rings. The fourth-order valence-electron chi connectivity index (χ4n) is 1.40. The molecule has 0 spiro atoms. The molecule has 0 fully saturated rings. The monoisotopic (exact) mass is 246 g/mol. The third-order valence-electron chi connectivity index (χ3n) is 2.07. The molecule has 0 saturated carbocycles. The zero-order chi connectivity index (χ0) is 11.6. The molecule has 15 heavy (non-hydrogen) atoms. The highest BCUT2D eigenvalue weighted by Gasteiger charge is 2.19. The van der Waals surface area contributed by atoms with Crippen molar-refractivity contribution >= 4 is 29.0 Å². The van der Waals surface area contributed by atoms with Crippen LogP contribution in [0, 0.1) is 6.92 Å². The summed E-state index contributed by atoms with van der Waals surface area (Å²) in [6.07, 6.45) is 0. The molecule has 0 aliphatic carbocycles. The van der Waals surface area contributed by atoms with Crippen LogP contribution in [0.15, 0.2) is 12.1 Å². The summed E-state index contributed by atoms with van der Waals surface area (Å²) in [5.41, 5.74) is 1.26. The Morgan fingerprint density at radius 2 is 2.07 bits per heavy atom. The first-order valence-electron chi connectivity index (χ1n) is 4.49. The minimum atomic E-state index is -0.586. The quantitative estimate of drug-likeness (QED) is 0.603. The molecule has 0 radical (unpaired) electrons. The van der Waals surface area contributed by atoms with Crippen LogP contribution < -0.4 is 4.74 Å². The molecule has 0 amide bonds. The van der Waals surface area contributed by atoms with Crippen LogP contribution in [-0.2, 0) is 0 Å². The number of halogens is 2. The smallest absolute Gasteiger partial charge is 0.184 e. The van der Waals surface area contributed by atoms with E-state index in [1.807, 2.05) is 6.92 Å². The fourth-order valence-corrected chi connectivity index (χ4v) is 1.79. The summed E-state index contributed by atoms with van der Waals surface area (Å²) in [6.45, 7) is 3.46. The predicted octanol–water partition coefficient (Wildman–Crippen LogP) is 3.47. The van der Waals surface area contributed by atoms with Crippen molar-refractivity contribution < 1.29 is 9.53 Å². The number of Topliss-reactive ketones (excluding diaryl/α,β-unsaturated/α-hetero) is 1. The van der Waals surface area contributed by atoms with Gasteiger partial charge in [0.2, 0.25) is 0 Å². The molecular weight excluding hydrogens is 235 g/mol. The van der Waals surface area contributed by atoms with Gasteiger partial charge in [-0.25, -0.2) is 0 Å². The molecule has 0 aliphatic rings. The molecule has 1 atom stereocenters. The van der Waals surface area contributed by atoms with E-state index in [1.54, 1.807) is 19.1 Å². The average Bonchev–Trinajstić information content (AvgIpc) is 2.15. The summed E-state index contributed by atoms with van der Waals surface area (Å²) in [7, 11) is 1.52. The van der Waals surface area contributed by atoms with E-state index < -0.39 is 5.38 Å². The zero-order valence-corrected chi connectivity index (χ0v) is 10.3. The Morgan fingerprint density at radius 1 is 1.47 bits per heavy atom. The molecule has 1 aromatic carbocycles. The van der Waals surface area contributed by atoms with Crippen LogP contribution in [0.5, 0.6) is 5.75 Å².